The van der Waals surface area contributed by atoms with Gasteiger partial charge >= 0.3 is 0 Å². The molecule has 2 amide bonds. The number of nitrogens with one attached hydrogen (secondary N) is 2. The number of thiazole rings is 1. The van der Waals surface area contributed by atoms with E-state index >= 15 is 0 Å². The maximum absolute atomic E-state index is 14.6. The van der Waals surface area contributed by atoms with Crippen molar-refractivity contribution in [2.45, 2.75) is 35.5 Å². The SMILES string of the molecule is O=C(Nc1ncc(Oc2ccc(C(=O)N3CCC3)cc2)s1)C(Oc1ccc(F)cc1F)c1ccc(S(=O)(=O)C2CCNCC2)cc1. The normalized spacial score (nSPS) is 15.9. The number of carbonyl (C=O) groups excluding carboxylic acids is 2. The number of anilines is 1. The summed E-state index contributed by atoms with van der Waals surface area (Å²) in [6.07, 6.45) is 1.95. The fourth-order valence-electron chi connectivity index (χ4n) is 5.12. The summed E-state index contributed by atoms with van der Waals surface area (Å²) in [6, 6.07) is 15.1. The highest BCUT2D eigenvalue weighted by Gasteiger charge is 2.30. The number of amides is 2. The lowest BCUT2D eigenvalue weighted by Gasteiger charge is -2.30. The van der Waals surface area contributed by atoms with Crippen molar-refractivity contribution in [3.63, 3.8) is 0 Å². The molecule has 2 N–H and O–H groups in total. The first-order valence-electron chi connectivity index (χ1n) is 14.7. The first kappa shape index (κ1) is 31.6. The molecule has 0 radical (unpaired) electrons. The highest BCUT2D eigenvalue weighted by molar-refractivity contribution is 7.92. The first-order chi connectivity index (χ1) is 22.2. The standard InChI is InChI=1S/C32H30F2N4O6S2/c33-22-6-11-27(26(34)18-22)44-29(20-4-9-24(10-5-20)46(41,42)25-12-14-35-15-13-25)30(39)37-32-36-19-28(45-32)43-23-7-2-21(3-8-23)31(40)38-16-1-17-38/h2-11,18-19,25,29,35H,1,12-17H2,(H,36,37,39). The molecule has 6 rings (SSSR count). The summed E-state index contributed by atoms with van der Waals surface area (Å²) >= 11 is 1.03. The first-order valence-corrected chi connectivity index (χ1v) is 17.0. The zero-order valence-corrected chi connectivity index (χ0v) is 26.1. The van der Waals surface area contributed by atoms with E-state index < -0.39 is 38.7 Å². The molecule has 2 fully saturated rings. The van der Waals surface area contributed by atoms with E-state index in [9.17, 15) is 26.8 Å². The van der Waals surface area contributed by atoms with Gasteiger partial charge in [-0.05, 0) is 80.9 Å². The van der Waals surface area contributed by atoms with Gasteiger partial charge in [0, 0.05) is 30.3 Å². The fourth-order valence-corrected chi connectivity index (χ4v) is 7.57. The molecule has 14 heteroatoms. The number of aromatic nitrogens is 1. The van der Waals surface area contributed by atoms with E-state index in [1.54, 1.807) is 29.2 Å². The molecule has 1 aromatic heterocycles. The molecule has 0 aliphatic carbocycles. The third-order valence-electron chi connectivity index (χ3n) is 7.79. The Hall–Kier alpha value is -4.40. The molecule has 46 heavy (non-hydrogen) atoms. The second-order valence-electron chi connectivity index (χ2n) is 10.9. The topological polar surface area (TPSA) is 127 Å². The smallest absolute Gasteiger partial charge is 0.271 e. The van der Waals surface area contributed by atoms with Gasteiger partial charge in [0.25, 0.3) is 11.8 Å². The third-order valence-corrected chi connectivity index (χ3v) is 10.9. The summed E-state index contributed by atoms with van der Waals surface area (Å²) in [7, 11) is -3.60. The number of carbonyl (C=O) groups is 2. The van der Waals surface area contributed by atoms with Gasteiger partial charge in [-0.25, -0.2) is 22.2 Å². The number of halogens is 2. The van der Waals surface area contributed by atoms with Gasteiger partial charge in [-0.15, -0.1) is 0 Å². The van der Waals surface area contributed by atoms with Crippen LogP contribution in [0, 0.1) is 11.6 Å². The summed E-state index contributed by atoms with van der Waals surface area (Å²) < 4.78 is 66.0. The molecule has 0 spiro atoms. The Labute approximate surface area is 268 Å². The Morgan fingerprint density at radius 2 is 1.72 bits per heavy atom. The van der Waals surface area contributed by atoms with E-state index in [1.165, 1.54) is 30.5 Å². The molecule has 2 aliphatic heterocycles. The quantitative estimate of drug-likeness (QED) is 0.232. The average Bonchev–Trinajstić information content (AvgIpc) is 3.47. The van der Waals surface area contributed by atoms with Gasteiger partial charge in [-0.3, -0.25) is 14.9 Å². The lowest BCUT2D eigenvalue weighted by Crippen LogP contribution is -2.41. The predicted molar refractivity (Wildman–Crippen MR) is 167 cm³/mol. The third kappa shape index (κ3) is 7.03. The monoisotopic (exact) mass is 668 g/mol. The van der Waals surface area contributed by atoms with E-state index in [1.807, 2.05) is 0 Å². The van der Waals surface area contributed by atoms with Gasteiger partial charge < -0.3 is 19.7 Å². The Balaban J connectivity index is 1.18. The molecule has 2 saturated heterocycles. The van der Waals surface area contributed by atoms with Gasteiger partial charge in [-0.1, -0.05) is 23.5 Å². The summed E-state index contributed by atoms with van der Waals surface area (Å²) in [4.78, 5) is 32.0. The van der Waals surface area contributed by atoms with Crippen molar-refractivity contribution in [2.75, 3.05) is 31.5 Å². The van der Waals surface area contributed by atoms with Crippen molar-refractivity contribution in [3.8, 4) is 16.6 Å². The van der Waals surface area contributed by atoms with Crippen LogP contribution in [-0.4, -0.2) is 61.5 Å². The van der Waals surface area contributed by atoms with Gasteiger partial charge in [0.1, 0.15) is 11.6 Å². The van der Waals surface area contributed by atoms with Crippen LogP contribution >= 0.6 is 11.3 Å². The molecule has 0 saturated carbocycles. The second-order valence-corrected chi connectivity index (χ2v) is 14.1. The second kappa shape index (κ2) is 13.5. The van der Waals surface area contributed by atoms with Crippen molar-refractivity contribution in [1.82, 2.24) is 15.2 Å². The minimum atomic E-state index is -3.60. The lowest BCUT2D eigenvalue weighted by molar-refractivity contribution is -0.123. The van der Waals surface area contributed by atoms with Crippen molar-refractivity contribution in [2.24, 2.45) is 0 Å². The van der Waals surface area contributed by atoms with Crippen molar-refractivity contribution < 1.29 is 36.3 Å². The van der Waals surface area contributed by atoms with E-state index in [-0.39, 0.29) is 27.2 Å². The van der Waals surface area contributed by atoms with E-state index in [4.69, 9.17) is 9.47 Å². The molecule has 2 aliphatic rings. The molecule has 3 heterocycles. The van der Waals surface area contributed by atoms with Crippen LogP contribution in [0.15, 0.2) is 77.8 Å². The van der Waals surface area contributed by atoms with Gasteiger partial charge in [0.2, 0.25) is 11.2 Å². The fraction of sp³-hybridized carbons (Fsp3) is 0.281. The molecule has 3 aromatic carbocycles. The predicted octanol–water partition coefficient (Wildman–Crippen LogP) is 5.34. The Morgan fingerprint density at radius 3 is 2.37 bits per heavy atom. The lowest BCUT2D eigenvalue weighted by atomic mass is 10.1. The number of benzene rings is 3. The van der Waals surface area contributed by atoms with E-state index in [0.717, 1.165) is 43.0 Å². The number of sulfone groups is 1. The molecule has 10 nitrogen and oxygen atoms in total. The number of hydrogen-bond donors (Lipinski definition) is 2. The number of nitrogens with zero attached hydrogens (tertiary/aromatic N) is 2. The summed E-state index contributed by atoms with van der Waals surface area (Å²) in [5.41, 5.74) is 0.802. The molecule has 1 atom stereocenters. The van der Waals surface area contributed by atoms with Crippen LogP contribution < -0.4 is 20.1 Å². The molecule has 1 unspecified atom stereocenters. The number of likely N-dealkylation sites (tertiary alicyclic amines) is 1. The highest BCUT2D eigenvalue weighted by Crippen LogP contribution is 2.33. The number of rotatable bonds is 10. The van der Waals surface area contributed by atoms with Crippen molar-refractivity contribution >= 4 is 38.1 Å². The van der Waals surface area contributed by atoms with E-state index in [2.05, 4.69) is 15.6 Å². The van der Waals surface area contributed by atoms with Crippen LogP contribution in [0.1, 0.15) is 41.3 Å². The zero-order valence-electron chi connectivity index (χ0n) is 24.4. The summed E-state index contributed by atoms with van der Waals surface area (Å²) in [5.74, 6) is -2.49. The van der Waals surface area contributed by atoms with Crippen LogP contribution in [0.2, 0.25) is 0 Å². The van der Waals surface area contributed by atoms with Gasteiger partial charge in [0.15, 0.2) is 26.5 Å². The summed E-state index contributed by atoms with van der Waals surface area (Å²) in [5, 5.41) is 5.77. The minimum Gasteiger partial charge on any atom is -0.473 e. The Morgan fingerprint density at radius 1 is 1.00 bits per heavy atom. The number of hydrogen-bond acceptors (Lipinski definition) is 9. The van der Waals surface area contributed by atoms with Crippen LogP contribution in [0.4, 0.5) is 13.9 Å². The van der Waals surface area contributed by atoms with Crippen LogP contribution in [-0.2, 0) is 14.6 Å². The van der Waals surface area contributed by atoms with Crippen LogP contribution in [0.5, 0.6) is 16.6 Å². The highest BCUT2D eigenvalue weighted by atomic mass is 32.2. The van der Waals surface area contributed by atoms with Gasteiger partial charge in [0.05, 0.1) is 16.3 Å². The molecule has 240 valence electrons. The maximum Gasteiger partial charge on any atom is 0.271 e. The molecular formula is C32H30F2N4O6S2. The Bertz CT molecular complexity index is 1820. The zero-order chi connectivity index (χ0) is 32.3. The Kier molecular flexibility index (Phi) is 9.29. The van der Waals surface area contributed by atoms with Gasteiger partial charge in [-0.2, -0.15) is 0 Å². The average molecular weight is 669 g/mol. The number of piperidine rings is 1. The van der Waals surface area contributed by atoms with E-state index in [0.29, 0.717) is 48.4 Å². The minimum absolute atomic E-state index is 0.0316. The van der Waals surface area contributed by atoms with Crippen LogP contribution in [0.3, 0.4) is 0 Å². The molecule has 0 bridgehead atoms. The van der Waals surface area contributed by atoms with Crippen LogP contribution in [0.25, 0.3) is 0 Å². The number of ether oxygens (including phenoxy) is 2. The van der Waals surface area contributed by atoms with Crippen molar-refractivity contribution in [1.29, 1.82) is 0 Å². The largest absolute Gasteiger partial charge is 0.473 e. The van der Waals surface area contributed by atoms with Crippen molar-refractivity contribution in [3.05, 3.63) is 95.7 Å². The summed E-state index contributed by atoms with van der Waals surface area (Å²) in [6.45, 7) is 2.72. The molecular weight excluding hydrogens is 639 g/mol. The maximum atomic E-state index is 14.6. The molecule has 4 aromatic rings.